The Morgan fingerprint density at radius 2 is 1.96 bits per heavy atom. The lowest BCUT2D eigenvalue weighted by atomic mass is 10.2. The van der Waals surface area contributed by atoms with Gasteiger partial charge in [0.25, 0.3) is 5.89 Å². The van der Waals surface area contributed by atoms with Crippen molar-refractivity contribution >= 4 is 27.9 Å². The molecule has 0 aliphatic carbocycles. The number of benzene rings is 1. The topological polar surface area (TPSA) is 71.1 Å². The quantitative estimate of drug-likeness (QED) is 0.444. The lowest BCUT2D eigenvalue weighted by Gasteiger charge is -2.24. The van der Waals surface area contributed by atoms with Crippen LogP contribution < -0.4 is 0 Å². The highest BCUT2D eigenvalue weighted by atomic mass is 35.5. The molecule has 0 saturated heterocycles. The van der Waals surface area contributed by atoms with Gasteiger partial charge in [0, 0.05) is 6.54 Å². The van der Waals surface area contributed by atoms with Gasteiger partial charge in [-0.1, -0.05) is 55.6 Å². The van der Waals surface area contributed by atoms with Crippen molar-refractivity contribution in [1.82, 2.24) is 9.88 Å². The molecule has 1 heterocycles. The van der Waals surface area contributed by atoms with E-state index in [0.29, 0.717) is 17.6 Å². The van der Waals surface area contributed by atoms with Crippen LogP contribution in [0.15, 0.2) is 33.8 Å². The molecule has 0 fully saturated rings. The van der Waals surface area contributed by atoms with Crippen LogP contribution in [0.25, 0.3) is 11.1 Å². The molecule has 26 heavy (non-hydrogen) atoms. The second-order valence-electron chi connectivity index (χ2n) is 6.33. The highest BCUT2D eigenvalue weighted by Crippen LogP contribution is 2.16. The third kappa shape index (κ3) is 6.59. The molecule has 2 aromatic rings. The second-order valence-corrected chi connectivity index (χ2v) is 6.68. The number of nitrogens with zero attached hydrogens (tertiary/aromatic N) is 3. The molecule has 0 saturated carbocycles. The number of aromatic nitrogens is 1. The monoisotopic (exact) mass is 381 g/mol. The lowest BCUT2D eigenvalue weighted by molar-refractivity contribution is 0.0187. The number of unbranched alkanes of at least 4 members (excludes halogenated alkanes) is 2. The summed E-state index contributed by atoms with van der Waals surface area (Å²) in [4.78, 5) is 11.7. The molecule has 0 radical (unpaired) electrons. The average Bonchev–Trinajstić information content (AvgIpc) is 3.08. The zero-order chi connectivity index (χ0) is 18.8. The maximum Gasteiger partial charge on any atom is 0.261 e. The predicted molar refractivity (Wildman–Crippen MR) is 105 cm³/mol. The third-order valence-electron chi connectivity index (χ3n) is 4.01. The standard InChI is InChI=1S/C19H28ClN3O3/c1-3-5-11-23(12-6-4-2)13-15(24)14-25-22-18(20)19-21-16-9-7-8-10-17(16)26-19/h7-10,15,24H,3-6,11-14H2,1-2H3/b22-18-. The lowest BCUT2D eigenvalue weighted by Crippen LogP contribution is -2.36. The molecule has 0 bridgehead atoms. The minimum absolute atomic E-state index is 0.0298. The van der Waals surface area contributed by atoms with Crippen molar-refractivity contribution in [1.29, 1.82) is 0 Å². The van der Waals surface area contributed by atoms with Gasteiger partial charge in [-0.15, -0.1) is 0 Å². The van der Waals surface area contributed by atoms with Gasteiger partial charge < -0.3 is 19.3 Å². The van der Waals surface area contributed by atoms with E-state index in [1.165, 1.54) is 0 Å². The summed E-state index contributed by atoms with van der Waals surface area (Å²) in [5.74, 6) is 0.204. The molecule has 144 valence electrons. The predicted octanol–water partition coefficient (Wildman–Crippen LogP) is 4.01. The van der Waals surface area contributed by atoms with Gasteiger partial charge in [-0.3, -0.25) is 0 Å². The normalized spacial score (nSPS) is 13.5. The maximum absolute atomic E-state index is 10.2. The number of rotatable bonds is 12. The van der Waals surface area contributed by atoms with Gasteiger partial charge in [0.05, 0.1) is 0 Å². The summed E-state index contributed by atoms with van der Waals surface area (Å²) >= 11 is 6.08. The first kappa shape index (κ1) is 20.7. The molecular formula is C19H28ClN3O3. The first-order valence-corrected chi connectivity index (χ1v) is 9.63. The average molecular weight is 382 g/mol. The van der Waals surface area contributed by atoms with E-state index in [1.807, 2.05) is 24.3 Å². The summed E-state index contributed by atoms with van der Waals surface area (Å²) in [5.41, 5.74) is 1.34. The summed E-state index contributed by atoms with van der Waals surface area (Å²) in [6.07, 6.45) is 3.90. The minimum atomic E-state index is -0.624. The van der Waals surface area contributed by atoms with Crippen molar-refractivity contribution in [3.63, 3.8) is 0 Å². The van der Waals surface area contributed by atoms with Crippen LogP contribution in [-0.4, -0.2) is 52.5 Å². The van der Waals surface area contributed by atoms with Crippen molar-refractivity contribution in [2.24, 2.45) is 5.16 Å². The zero-order valence-corrected chi connectivity index (χ0v) is 16.3. The van der Waals surface area contributed by atoms with Gasteiger partial charge in [0.1, 0.15) is 18.2 Å². The molecule has 0 amide bonds. The Kier molecular flexibility index (Phi) is 8.88. The van der Waals surface area contributed by atoms with Crippen molar-refractivity contribution in [3.8, 4) is 0 Å². The molecule has 2 rings (SSSR count). The number of aliphatic hydroxyl groups excluding tert-OH is 1. The fourth-order valence-corrected chi connectivity index (χ4v) is 2.72. The molecule has 7 heteroatoms. The smallest absolute Gasteiger partial charge is 0.261 e. The molecule has 6 nitrogen and oxygen atoms in total. The molecule has 0 aliphatic heterocycles. The Balaban J connectivity index is 1.82. The van der Waals surface area contributed by atoms with Crippen LogP contribution in [0.4, 0.5) is 0 Å². The molecule has 0 aliphatic rings. The van der Waals surface area contributed by atoms with Gasteiger partial charge in [-0.2, -0.15) is 0 Å². The number of halogens is 1. The van der Waals surface area contributed by atoms with Crippen molar-refractivity contribution in [2.75, 3.05) is 26.2 Å². The van der Waals surface area contributed by atoms with Gasteiger partial charge in [-0.05, 0) is 38.1 Å². The summed E-state index contributed by atoms with van der Waals surface area (Å²) in [6, 6.07) is 7.37. The van der Waals surface area contributed by atoms with E-state index in [2.05, 4.69) is 28.9 Å². The van der Waals surface area contributed by atoms with Gasteiger partial charge in [0.2, 0.25) is 5.17 Å². The van der Waals surface area contributed by atoms with Gasteiger partial charge in [0.15, 0.2) is 5.58 Å². The first-order chi connectivity index (χ1) is 12.6. The first-order valence-electron chi connectivity index (χ1n) is 9.25. The van der Waals surface area contributed by atoms with E-state index in [0.717, 1.165) is 38.8 Å². The van der Waals surface area contributed by atoms with Crippen LogP contribution in [0, 0.1) is 0 Å². The molecular weight excluding hydrogens is 354 g/mol. The van der Waals surface area contributed by atoms with Gasteiger partial charge >= 0.3 is 0 Å². The molecule has 1 N–H and O–H groups in total. The molecule has 1 aromatic heterocycles. The number of hydrogen-bond donors (Lipinski definition) is 1. The number of aliphatic hydroxyl groups is 1. The summed E-state index contributed by atoms with van der Waals surface area (Å²) in [5, 5.41) is 14.0. The Morgan fingerprint density at radius 1 is 1.27 bits per heavy atom. The second kappa shape index (κ2) is 11.2. The van der Waals surface area contributed by atoms with E-state index in [4.69, 9.17) is 20.9 Å². The van der Waals surface area contributed by atoms with E-state index < -0.39 is 6.10 Å². The number of oxime groups is 1. The summed E-state index contributed by atoms with van der Waals surface area (Å²) < 4.78 is 5.52. The van der Waals surface area contributed by atoms with Crippen LogP contribution in [0.5, 0.6) is 0 Å². The third-order valence-corrected chi connectivity index (χ3v) is 4.24. The van der Waals surface area contributed by atoms with Gasteiger partial charge in [-0.25, -0.2) is 4.98 Å². The fraction of sp³-hybridized carbons (Fsp3) is 0.579. The zero-order valence-electron chi connectivity index (χ0n) is 15.5. The van der Waals surface area contributed by atoms with E-state index in [9.17, 15) is 5.11 Å². The van der Waals surface area contributed by atoms with Crippen molar-refractivity contribution in [3.05, 3.63) is 30.2 Å². The summed E-state index contributed by atoms with van der Waals surface area (Å²) in [6.45, 7) is 6.95. The van der Waals surface area contributed by atoms with Crippen molar-refractivity contribution < 1.29 is 14.4 Å². The number of oxazole rings is 1. The Hall–Kier alpha value is -1.63. The van der Waals surface area contributed by atoms with E-state index >= 15 is 0 Å². The molecule has 0 spiro atoms. The minimum Gasteiger partial charge on any atom is -0.434 e. The van der Waals surface area contributed by atoms with Crippen LogP contribution in [0.3, 0.4) is 0 Å². The van der Waals surface area contributed by atoms with E-state index in [1.54, 1.807) is 0 Å². The number of hydrogen-bond acceptors (Lipinski definition) is 6. The van der Waals surface area contributed by atoms with Crippen molar-refractivity contribution in [2.45, 2.75) is 45.6 Å². The largest absolute Gasteiger partial charge is 0.434 e. The number of fused-ring (bicyclic) bond motifs is 1. The molecule has 1 atom stereocenters. The highest BCUT2D eigenvalue weighted by molar-refractivity contribution is 6.68. The maximum atomic E-state index is 10.2. The Morgan fingerprint density at radius 3 is 2.62 bits per heavy atom. The fourth-order valence-electron chi connectivity index (χ4n) is 2.59. The summed E-state index contributed by atoms with van der Waals surface area (Å²) in [7, 11) is 0. The van der Waals surface area contributed by atoms with Crippen LogP contribution in [0.2, 0.25) is 0 Å². The van der Waals surface area contributed by atoms with Crippen LogP contribution >= 0.6 is 11.6 Å². The Labute approximate surface area is 159 Å². The molecule has 1 aromatic carbocycles. The molecule has 1 unspecified atom stereocenters. The Bertz CT molecular complexity index is 648. The highest BCUT2D eigenvalue weighted by Gasteiger charge is 2.14. The van der Waals surface area contributed by atoms with Crippen LogP contribution in [-0.2, 0) is 4.84 Å². The van der Waals surface area contributed by atoms with E-state index in [-0.39, 0.29) is 17.7 Å². The SMILES string of the molecule is CCCCN(CCCC)CC(O)CO/N=C(\Cl)c1nc2ccccc2o1. The van der Waals surface area contributed by atoms with Crippen LogP contribution in [0.1, 0.15) is 45.4 Å². The number of para-hydroxylation sites is 2.